The Morgan fingerprint density at radius 3 is 3.08 bits per heavy atom. The molecule has 0 radical (unpaired) electrons. The predicted octanol–water partition coefficient (Wildman–Crippen LogP) is 4.07. The normalized spacial score (nSPS) is 17.2. The summed E-state index contributed by atoms with van der Waals surface area (Å²) < 4.78 is 0. The second-order valence-corrected chi connectivity index (χ2v) is 9.08. The highest BCUT2D eigenvalue weighted by Crippen LogP contribution is 2.40. The molecule has 1 aliphatic carbocycles. The van der Waals surface area contributed by atoms with Gasteiger partial charge in [0.15, 0.2) is 0 Å². The van der Waals surface area contributed by atoms with Gasteiger partial charge in [0.25, 0.3) is 0 Å². The Morgan fingerprint density at radius 2 is 2.29 bits per heavy atom. The molecule has 1 amide bonds. The fraction of sp³-hybridized carbons (Fsp3) is 0.611. The molecule has 6 heteroatoms. The Balaban J connectivity index is 1.70. The lowest BCUT2D eigenvalue weighted by Crippen LogP contribution is -2.26. The minimum absolute atomic E-state index is 0.0881. The van der Waals surface area contributed by atoms with Gasteiger partial charge in [-0.05, 0) is 43.1 Å². The summed E-state index contributed by atoms with van der Waals surface area (Å²) in [6, 6.07) is 0. The average Bonchev–Trinajstić information content (AvgIpc) is 2.90. The Labute approximate surface area is 151 Å². The van der Waals surface area contributed by atoms with Crippen LogP contribution in [0.15, 0.2) is 11.4 Å². The predicted molar refractivity (Wildman–Crippen MR) is 102 cm³/mol. The topological polar surface area (TPSA) is 54.9 Å². The molecule has 130 valence electrons. The summed E-state index contributed by atoms with van der Waals surface area (Å²) in [6.45, 7) is 7.40. The van der Waals surface area contributed by atoms with Crippen molar-refractivity contribution in [2.24, 2.45) is 11.8 Å². The molecule has 0 aliphatic heterocycles. The second-order valence-electron chi connectivity index (χ2n) is 7.03. The van der Waals surface area contributed by atoms with Crippen LogP contribution >= 0.6 is 23.1 Å². The van der Waals surface area contributed by atoms with E-state index in [-0.39, 0.29) is 5.91 Å². The van der Waals surface area contributed by atoms with Gasteiger partial charge in [0.2, 0.25) is 5.91 Å². The van der Waals surface area contributed by atoms with Gasteiger partial charge < -0.3 is 5.32 Å². The largest absolute Gasteiger partial charge is 0.355 e. The van der Waals surface area contributed by atoms with Crippen LogP contribution in [0.1, 0.15) is 44.1 Å². The van der Waals surface area contributed by atoms with Gasteiger partial charge in [0, 0.05) is 16.8 Å². The third kappa shape index (κ3) is 4.09. The third-order valence-electron chi connectivity index (χ3n) is 4.44. The van der Waals surface area contributed by atoms with Crippen molar-refractivity contribution in [3.63, 3.8) is 0 Å². The molecule has 2 aromatic heterocycles. The third-order valence-corrected chi connectivity index (χ3v) is 6.59. The molecule has 0 saturated carbocycles. The number of nitrogens with one attached hydrogen (secondary N) is 1. The van der Waals surface area contributed by atoms with E-state index in [9.17, 15) is 4.79 Å². The van der Waals surface area contributed by atoms with Crippen molar-refractivity contribution < 1.29 is 4.79 Å². The van der Waals surface area contributed by atoms with Crippen molar-refractivity contribution in [1.29, 1.82) is 0 Å². The molecule has 0 fully saturated rings. The fourth-order valence-electron chi connectivity index (χ4n) is 3.04. The minimum atomic E-state index is 0.0881. The van der Waals surface area contributed by atoms with Crippen LogP contribution in [-0.4, -0.2) is 28.2 Å². The number of fused-ring (bicyclic) bond motifs is 3. The van der Waals surface area contributed by atoms with Crippen molar-refractivity contribution in [3.8, 4) is 0 Å². The molecule has 0 bridgehead atoms. The number of thioether (sulfide) groups is 1. The lowest BCUT2D eigenvalue weighted by molar-refractivity contribution is -0.118. The Morgan fingerprint density at radius 1 is 1.46 bits per heavy atom. The maximum atomic E-state index is 12.0. The number of carbonyl (C=O) groups is 1. The zero-order chi connectivity index (χ0) is 17.1. The lowest BCUT2D eigenvalue weighted by atomic mass is 9.89. The molecule has 1 N–H and O–H groups in total. The van der Waals surface area contributed by atoms with Crippen molar-refractivity contribution >= 4 is 39.2 Å². The Hall–Kier alpha value is -1.14. The van der Waals surface area contributed by atoms with E-state index in [1.165, 1.54) is 34.0 Å². The summed E-state index contributed by atoms with van der Waals surface area (Å²) in [4.78, 5) is 23.5. The van der Waals surface area contributed by atoms with Gasteiger partial charge in [-0.25, -0.2) is 9.97 Å². The summed E-state index contributed by atoms with van der Waals surface area (Å²) in [5.41, 5.74) is 1.43. The van der Waals surface area contributed by atoms with Gasteiger partial charge in [-0.2, -0.15) is 0 Å². The zero-order valence-corrected chi connectivity index (χ0v) is 16.2. The maximum Gasteiger partial charge on any atom is 0.230 e. The summed E-state index contributed by atoms with van der Waals surface area (Å²) >= 11 is 3.34. The minimum Gasteiger partial charge on any atom is -0.355 e. The summed E-state index contributed by atoms with van der Waals surface area (Å²) in [6.07, 6.45) is 6.14. The molecule has 1 atom stereocenters. The van der Waals surface area contributed by atoms with Gasteiger partial charge in [0.1, 0.15) is 16.2 Å². The molecule has 1 aliphatic rings. The van der Waals surface area contributed by atoms with Crippen molar-refractivity contribution in [3.05, 3.63) is 16.8 Å². The van der Waals surface area contributed by atoms with Crippen LogP contribution in [0.3, 0.4) is 0 Å². The smallest absolute Gasteiger partial charge is 0.230 e. The molecule has 0 unspecified atom stereocenters. The van der Waals surface area contributed by atoms with E-state index in [0.29, 0.717) is 11.7 Å². The highest BCUT2D eigenvalue weighted by atomic mass is 32.2. The van der Waals surface area contributed by atoms with Gasteiger partial charge >= 0.3 is 0 Å². The van der Waals surface area contributed by atoms with E-state index in [0.717, 1.165) is 41.6 Å². The van der Waals surface area contributed by atoms with Gasteiger partial charge in [-0.15, -0.1) is 11.3 Å². The quantitative estimate of drug-likeness (QED) is 0.621. The number of hydrogen-bond acceptors (Lipinski definition) is 5. The molecule has 24 heavy (non-hydrogen) atoms. The Kier molecular flexibility index (Phi) is 5.76. The maximum absolute atomic E-state index is 12.0. The van der Waals surface area contributed by atoms with Crippen LogP contribution in [0.25, 0.3) is 10.2 Å². The molecular formula is C18H25N3OS2. The monoisotopic (exact) mass is 363 g/mol. The molecule has 0 saturated heterocycles. The number of aromatic nitrogens is 2. The number of thiophene rings is 1. The molecular weight excluding hydrogens is 338 g/mol. The van der Waals surface area contributed by atoms with Crippen LogP contribution in [0.4, 0.5) is 0 Å². The van der Waals surface area contributed by atoms with E-state index in [2.05, 4.69) is 36.1 Å². The number of nitrogens with zero attached hydrogens (tertiary/aromatic N) is 2. The summed E-state index contributed by atoms with van der Waals surface area (Å²) in [5, 5.41) is 5.16. The molecule has 0 spiro atoms. The average molecular weight is 364 g/mol. The highest BCUT2D eigenvalue weighted by Gasteiger charge is 2.23. The first-order valence-electron chi connectivity index (χ1n) is 8.69. The summed E-state index contributed by atoms with van der Waals surface area (Å²) in [5.74, 6) is 1.87. The number of aryl methyl sites for hydroxylation is 1. The first-order valence-corrected chi connectivity index (χ1v) is 10.5. The van der Waals surface area contributed by atoms with Crippen LogP contribution in [0.2, 0.25) is 0 Å². The van der Waals surface area contributed by atoms with Gasteiger partial charge in [-0.1, -0.05) is 32.5 Å². The molecule has 0 aromatic carbocycles. The van der Waals surface area contributed by atoms with E-state index >= 15 is 0 Å². The van der Waals surface area contributed by atoms with E-state index in [1.54, 1.807) is 17.7 Å². The van der Waals surface area contributed by atoms with Crippen LogP contribution in [0.5, 0.6) is 0 Å². The van der Waals surface area contributed by atoms with Gasteiger partial charge in [0.05, 0.1) is 5.75 Å². The van der Waals surface area contributed by atoms with Crippen LogP contribution in [-0.2, 0) is 17.6 Å². The molecule has 3 rings (SSSR count). The molecule has 2 aromatic rings. The second kappa shape index (κ2) is 7.83. The van der Waals surface area contributed by atoms with E-state index in [1.807, 2.05) is 0 Å². The number of amides is 1. The van der Waals surface area contributed by atoms with Crippen molar-refractivity contribution in [2.75, 3.05) is 12.3 Å². The first kappa shape index (κ1) is 17.7. The van der Waals surface area contributed by atoms with Gasteiger partial charge in [-0.3, -0.25) is 4.79 Å². The van der Waals surface area contributed by atoms with Crippen molar-refractivity contribution in [1.82, 2.24) is 15.3 Å². The van der Waals surface area contributed by atoms with Crippen LogP contribution < -0.4 is 5.32 Å². The lowest BCUT2D eigenvalue weighted by Gasteiger charge is -2.18. The highest BCUT2D eigenvalue weighted by molar-refractivity contribution is 8.00. The van der Waals surface area contributed by atoms with E-state index < -0.39 is 0 Å². The van der Waals surface area contributed by atoms with Crippen LogP contribution in [0, 0.1) is 11.8 Å². The summed E-state index contributed by atoms with van der Waals surface area (Å²) in [7, 11) is 0. The number of carbonyl (C=O) groups excluding carboxylic acids is 1. The van der Waals surface area contributed by atoms with E-state index in [4.69, 9.17) is 0 Å². The zero-order valence-electron chi connectivity index (χ0n) is 14.6. The first-order chi connectivity index (χ1) is 11.5. The number of rotatable bonds is 6. The van der Waals surface area contributed by atoms with Crippen molar-refractivity contribution in [2.45, 2.75) is 51.5 Å². The SMILES string of the molecule is CC(C)CCNC(=O)CSc1ncnc2sc3c(c12)CC[C@@H](C)C3. The molecule has 2 heterocycles. The number of hydrogen-bond donors (Lipinski definition) is 1. The Bertz CT molecular complexity index is 726. The fourth-order valence-corrected chi connectivity index (χ4v) is 5.31. The standard InChI is InChI=1S/C18H25N3OS2/c1-11(2)6-7-19-15(22)9-23-17-16-13-5-4-12(3)8-14(13)24-18(16)21-10-20-17/h10-12H,4-9H2,1-3H3,(H,19,22)/t12-/m1/s1. The molecule has 4 nitrogen and oxygen atoms in total.